The van der Waals surface area contributed by atoms with E-state index in [1.54, 1.807) is 6.20 Å². The number of rotatable bonds is 5. The lowest BCUT2D eigenvalue weighted by atomic mass is 10.0. The molecular formula is C18H23N3O. The second-order valence-corrected chi connectivity index (χ2v) is 6.16. The number of aromatic nitrogens is 2. The van der Waals surface area contributed by atoms with Crippen LogP contribution in [0.15, 0.2) is 42.7 Å². The van der Waals surface area contributed by atoms with E-state index in [9.17, 15) is 4.79 Å². The van der Waals surface area contributed by atoms with Crippen LogP contribution >= 0.6 is 0 Å². The van der Waals surface area contributed by atoms with Gasteiger partial charge in [-0.25, -0.2) is 4.98 Å². The van der Waals surface area contributed by atoms with Crippen LogP contribution < -0.4 is 5.32 Å². The number of aryl methyl sites for hydroxylation is 1. The van der Waals surface area contributed by atoms with E-state index in [4.69, 9.17) is 0 Å². The lowest BCUT2D eigenvalue weighted by molar-refractivity contribution is -0.122. The molecule has 1 saturated carbocycles. The van der Waals surface area contributed by atoms with Crippen LogP contribution in [-0.2, 0) is 11.8 Å². The van der Waals surface area contributed by atoms with Gasteiger partial charge in [-0.2, -0.15) is 0 Å². The maximum Gasteiger partial charge on any atom is 0.221 e. The summed E-state index contributed by atoms with van der Waals surface area (Å²) >= 11 is 0. The zero-order valence-electron chi connectivity index (χ0n) is 13.0. The molecule has 1 fully saturated rings. The summed E-state index contributed by atoms with van der Waals surface area (Å²) in [4.78, 5) is 16.9. The molecule has 22 heavy (non-hydrogen) atoms. The van der Waals surface area contributed by atoms with Crippen LogP contribution in [-0.4, -0.2) is 15.5 Å². The second-order valence-electron chi connectivity index (χ2n) is 6.16. The molecule has 4 heteroatoms. The first-order valence-electron chi connectivity index (χ1n) is 8.05. The number of nitrogens with one attached hydrogen (secondary N) is 1. The van der Waals surface area contributed by atoms with E-state index in [-0.39, 0.29) is 11.9 Å². The Morgan fingerprint density at radius 2 is 2.05 bits per heavy atom. The van der Waals surface area contributed by atoms with Crippen molar-refractivity contribution in [2.45, 2.75) is 38.1 Å². The smallest absolute Gasteiger partial charge is 0.221 e. The van der Waals surface area contributed by atoms with Crippen molar-refractivity contribution in [3.63, 3.8) is 0 Å². The standard InChI is InChI=1S/C18H23N3O/c1-21-12-11-19-18(21)17(15-9-3-2-4-10-15)20-16(22)13-14-7-5-6-8-14/h2-4,9-12,14,17H,5-8,13H2,1H3,(H,20,22). The number of hydrogen-bond donors (Lipinski definition) is 1. The van der Waals surface area contributed by atoms with Gasteiger partial charge in [0.2, 0.25) is 5.91 Å². The Morgan fingerprint density at radius 1 is 1.32 bits per heavy atom. The van der Waals surface area contributed by atoms with Gasteiger partial charge < -0.3 is 9.88 Å². The van der Waals surface area contributed by atoms with Gasteiger partial charge in [0, 0.05) is 25.9 Å². The quantitative estimate of drug-likeness (QED) is 0.921. The van der Waals surface area contributed by atoms with E-state index in [2.05, 4.69) is 10.3 Å². The molecule has 1 atom stereocenters. The second kappa shape index (κ2) is 6.77. The van der Waals surface area contributed by atoms with Crippen molar-refractivity contribution in [2.24, 2.45) is 13.0 Å². The third kappa shape index (κ3) is 3.38. The molecule has 0 radical (unpaired) electrons. The molecule has 1 aliphatic rings. The summed E-state index contributed by atoms with van der Waals surface area (Å²) in [7, 11) is 1.96. The molecule has 0 bridgehead atoms. The van der Waals surface area contributed by atoms with Gasteiger partial charge in [-0.3, -0.25) is 4.79 Å². The molecule has 0 aliphatic heterocycles. The maximum absolute atomic E-state index is 12.4. The highest BCUT2D eigenvalue weighted by molar-refractivity contribution is 5.77. The zero-order valence-corrected chi connectivity index (χ0v) is 13.0. The molecule has 1 heterocycles. The number of carbonyl (C=O) groups is 1. The van der Waals surface area contributed by atoms with E-state index in [0.29, 0.717) is 12.3 Å². The van der Waals surface area contributed by atoms with E-state index in [0.717, 1.165) is 11.4 Å². The number of carbonyl (C=O) groups excluding carboxylic acids is 1. The molecule has 4 nitrogen and oxygen atoms in total. The van der Waals surface area contributed by atoms with Gasteiger partial charge in [-0.15, -0.1) is 0 Å². The van der Waals surface area contributed by atoms with Crippen molar-refractivity contribution >= 4 is 5.91 Å². The van der Waals surface area contributed by atoms with Crippen molar-refractivity contribution in [3.05, 3.63) is 54.1 Å². The molecule has 1 aromatic carbocycles. The van der Waals surface area contributed by atoms with Gasteiger partial charge in [0.1, 0.15) is 11.9 Å². The third-order valence-corrected chi connectivity index (χ3v) is 4.50. The molecule has 2 aromatic rings. The predicted octanol–water partition coefficient (Wildman–Crippen LogP) is 3.21. The normalized spacial score (nSPS) is 16.6. The highest BCUT2D eigenvalue weighted by Gasteiger charge is 2.23. The topological polar surface area (TPSA) is 46.9 Å². The summed E-state index contributed by atoms with van der Waals surface area (Å²) in [6, 6.07) is 9.86. The van der Waals surface area contributed by atoms with E-state index in [1.165, 1.54) is 25.7 Å². The molecular weight excluding hydrogens is 274 g/mol. The number of imidazole rings is 1. The SMILES string of the molecule is Cn1ccnc1C(NC(=O)CC1CCCC1)c1ccccc1. The maximum atomic E-state index is 12.4. The van der Waals surface area contributed by atoms with Crippen LogP contribution in [0.5, 0.6) is 0 Å². The van der Waals surface area contributed by atoms with Crippen molar-refractivity contribution in [1.82, 2.24) is 14.9 Å². The van der Waals surface area contributed by atoms with Gasteiger partial charge in [-0.1, -0.05) is 43.2 Å². The molecule has 0 spiro atoms. The summed E-state index contributed by atoms with van der Waals surface area (Å²) < 4.78 is 1.97. The Hall–Kier alpha value is -2.10. The summed E-state index contributed by atoms with van der Waals surface area (Å²) in [5.41, 5.74) is 1.07. The number of nitrogens with zero attached hydrogens (tertiary/aromatic N) is 2. The van der Waals surface area contributed by atoms with Gasteiger partial charge in [0.05, 0.1) is 0 Å². The summed E-state index contributed by atoms with van der Waals surface area (Å²) in [6.07, 6.45) is 9.22. The molecule has 1 N–H and O–H groups in total. The van der Waals surface area contributed by atoms with E-state index < -0.39 is 0 Å². The van der Waals surface area contributed by atoms with Crippen LogP contribution in [0.2, 0.25) is 0 Å². The highest BCUT2D eigenvalue weighted by atomic mass is 16.1. The first kappa shape index (κ1) is 14.8. The lowest BCUT2D eigenvalue weighted by Crippen LogP contribution is -2.32. The van der Waals surface area contributed by atoms with Crippen LogP contribution in [0, 0.1) is 5.92 Å². The minimum atomic E-state index is -0.185. The Morgan fingerprint density at radius 3 is 2.68 bits per heavy atom. The fraction of sp³-hybridized carbons (Fsp3) is 0.444. The molecule has 1 aromatic heterocycles. The minimum absolute atomic E-state index is 0.128. The Labute approximate surface area is 131 Å². The Bertz CT molecular complexity index is 614. The zero-order chi connectivity index (χ0) is 15.4. The fourth-order valence-corrected chi connectivity index (χ4v) is 3.29. The van der Waals surface area contributed by atoms with Crippen molar-refractivity contribution in [2.75, 3.05) is 0 Å². The Kier molecular flexibility index (Phi) is 4.56. The highest BCUT2D eigenvalue weighted by Crippen LogP contribution is 2.28. The molecule has 1 unspecified atom stereocenters. The average molecular weight is 297 g/mol. The summed E-state index contributed by atoms with van der Waals surface area (Å²) in [5, 5.41) is 3.18. The predicted molar refractivity (Wildman–Crippen MR) is 86.2 cm³/mol. The van der Waals surface area contributed by atoms with E-state index in [1.807, 2.05) is 48.1 Å². The van der Waals surface area contributed by atoms with Gasteiger partial charge in [0.25, 0.3) is 0 Å². The number of benzene rings is 1. The summed E-state index contributed by atoms with van der Waals surface area (Å²) in [5.74, 6) is 1.55. The van der Waals surface area contributed by atoms with Gasteiger partial charge >= 0.3 is 0 Å². The lowest BCUT2D eigenvalue weighted by Gasteiger charge is -2.20. The van der Waals surface area contributed by atoms with Crippen LogP contribution in [0.1, 0.15) is 49.5 Å². The largest absolute Gasteiger partial charge is 0.342 e. The molecule has 116 valence electrons. The molecule has 1 aliphatic carbocycles. The van der Waals surface area contributed by atoms with Gasteiger partial charge in [-0.05, 0) is 24.3 Å². The van der Waals surface area contributed by atoms with Gasteiger partial charge in [0.15, 0.2) is 0 Å². The van der Waals surface area contributed by atoms with Crippen molar-refractivity contribution < 1.29 is 4.79 Å². The first-order valence-corrected chi connectivity index (χ1v) is 8.05. The monoisotopic (exact) mass is 297 g/mol. The van der Waals surface area contributed by atoms with Crippen LogP contribution in [0.3, 0.4) is 0 Å². The first-order chi connectivity index (χ1) is 10.7. The average Bonchev–Trinajstić information content (AvgIpc) is 3.17. The van der Waals surface area contributed by atoms with Crippen molar-refractivity contribution in [3.8, 4) is 0 Å². The van der Waals surface area contributed by atoms with Crippen LogP contribution in [0.4, 0.5) is 0 Å². The van der Waals surface area contributed by atoms with Crippen molar-refractivity contribution in [1.29, 1.82) is 0 Å². The number of hydrogen-bond acceptors (Lipinski definition) is 2. The third-order valence-electron chi connectivity index (χ3n) is 4.50. The fourth-order valence-electron chi connectivity index (χ4n) is 3.29. The summed E-state index contributed by atoms with van der Waals surface area (Å²) in [6.45, 7) is 0. The molecule has 3 rings (SSSR count). The van der Waals surface area contributed by atoms with Crippen LogP contribution in [0.25, 0.3) is 0 Å². The minimum Gasteiger partial charge on any atom is -0.342 e. The number of amides is 1. The molecule has 1 amide bonds. The Balaban J connectivity index is 1.77. The van der Waals surface area contributed by atoms with E-state index >= 15 is 0 Å². The molecule has 0 saturated heterocycles.